The van der Waals surface area contributed by atoms with E-state index in [1.165, 1.54) is 6.08 Å². The van der Waals surface area contributed by atoms with Crippen LogP contribution < -0.4 is 0 Å². The quantitative estimate of drug-likeness (QED) is 0.515. The van der Waals surface area contributed by atoms with Crippen molar-refractivity contribution < 1.29 is 19.1 Å². The lowest BCUT2D eigenvalue weighted by Gasteiger charge is -2.37. The fraction of sp³-hybridized carbons (Fsp3) is 0.667. The summed E-state index contributed by atoms with van der Waals surface area (Å²) in [4.78, 5) is 22.7. The van der Waals surface area contributed by atoms with Gasteiger partial charge in [0.2, 0.25) is 0 Å². The molecule has 16 heavy (non-hydrogen) atoms. The average Bonchev–Trinajstić information content (AvgIpc) is 2.84. The van der Waals surface area contributed by atoms with Crippen molar-refractivity contribution in [1.29, 1.82) is 0 Å². The summed E-state index contributed by atoms with van der Waals surface area (Å²) in [7, 11) is 0. The highest BCUT2D eigenvalue weighted by Crippen LogP contribution is 2.55. The van der Waals surface area contributed by atoms with Crippen LogP contribution in [0, 0.1) is 23.7 Å². The van der Waals surface area contributed by atoms with Gasteiger partial charge in [0, 0.05) is 12.0 Å². The summed E-state index contributed by atoms with van der Waals surface area (Å²) in [6, 6.07) is 0. The Labute approximate surface area is 93.6 Å². The Bertz CT molecular complexity index is 362. The highest BCUT2D eigenvalue weighted by Gasteiger charge is 2.59. The summed E-state index contributed by atoms with van der Waals surface area (Å²) in [5.74, 6) is 0.557. The molecule has 0 amide bonds. The molecular weight excluding hydrogens is 208 g/mol. The van der Waals surface area contributed by atoms with Crippen molar-refractivity contribution in [1.82, 2.24) is 0 Å². The molecule has 5 unspecified atom stereocenters. The monoisotopic (exact) mass is 222 g/mol. The molecule has 0 radical (unpaired) electrons. The smallest absolute Gasteiger partial charge is 0.330 e. The first-order chi connectivity index (χ1) is 7.70. The largest absolute Gasteiger partial charge is 0.465 e. The van der Waals surface area contributed by atoms with Gasteiger partial charge in [-0.1, -0.05) is 6.58 Å². The molecule has 0 aromatic carbocycles. The zero-order chi connectivity index (χ0) is 11.3. The van der Waals surface area contributed by atoms with Crippen LogP contribution >= 0.6 is 0 Å². The summed E-state index contributed by atoms with van der Waals surface area (Å²) in [5, 5.41) is 0. The second kappa shape index (κ2) is 3.34. The Morgan fingerprint density at radius 1 is 1.44 bits per heavy atom. The zero-order valence-corrected chi connectivity index (χ0v) is 8.93. The van der Waals surface area contributed by atoms with Crippen molar-refractivity contribution in [3.05, 3.63) is 12.7 Å². The highest BCUT2D eigenvalue weighted by atomic mass is 16.6. The van der Waals surface area contributed by atoms with E-state index in [9.17, 15) is 9.59 Å². The van der Waals surface area contributed by atoms with Gasteiger partial charge in [0.05, 0.1) is 12.5 Å². The van der Waals surface area contributed by atoms with Gasteiger partial charge in [-0.05, 0) is 24.7 Å². The van der Waals surface area contributed by atoms with Gasteiger partial charge in [0.1, 0.15) is 6.10 Å². The van der Waals surface area contributed by atoms with E-state index >= 15 is 0 Å². The van der Waals surface area contributed by atoms with Gasteiger partial charge in [0.15, 0.2) is 0 Å². The van der Waals surface area contributed by atoms with Gasteiger partial charge in [0.25, 0.3) is 0 Å². The predicted octanol–water partition coefficient (Wildman–Crippen LogP) is 0.913. The van der Waals surface area contributed by atoms with Crippen LogP contribution in [0.1, 0.15) is 12.8 Å². The number of hydrogen-bond acceptors (Lipinski definition) is 4. The Hall–Kier alpha value is -1.32. The van der Waals surface area contributed by atoms with E-state index in [-0.39, 0.29) is 29.9 Å². The fourth-order valence-corrected chi connectivity index (χ4v) is 3.59. The van der Waals surface area contributed by atoms with E-state index in [0.29, 0.717) is 18.4 Å². The number of fused-ring (bicyclic) bond motifs is 1. The molecule has 1 heterocycles. The summed E-state index contributed by atoms with van der Waals surface area (Å²) in [5.41, 5.74) is 0. The van der Waals surface area contributed by atoms with E-state index in [4.69, 9.17) is 9.47 Å². The molecule has 2 bridgehead atoms. The molecule has 0 aromatic rings. The summed E-state index contributed by atoms with van der Waals surface area (Å²) >= 11 is 0. The SMILES string of the molecule is C=CC(=O)OC1C2CC3C(=O)OCC1C3C2. The Kier molecular flexibility index (Phi) is 2.06. The first kappa shape index (κ1) is 9.87. The summed E-state index contributed by atoms with van der Waals surface area (Å²) in [6.07, 6.45) is 2.94. The van der Waals surface area contributed by atoms with Crippen molar-refractivity contribution in [3.8, 4) is 0 Å². The number of ether oxygens (including phenoxy) is 2. The Morgan fingerprint density at radius 2 is 2.25 bits per heavy atom. The standard InChI is InChI=1S/C12H14O4/c1-2-10(13)16-11-6-3-7-8(4-6)12(14)15-5-9(7)11/h2,6-9,11H,1,3-5H2. The molecular formula is C12H14O4. The zero-order valence-electron chi connectivity index (χ0n) is 8.93. The molecule has 1 aliphatic heterocycles. The maximum absolute atomic E-state index is 11.5. The third-order valence-electron chi connectivity index (χ3n) is 4.22. The molecule has 0 spiro atoms. The van der Waals surface area contributed by atoms with Crippen LogP contribution in [0.2, 0.25) is 0 Å². The molecule has 4 heteroatoms. The van der Waals surface area contributed by atoms with Crippen LogP contribution in [0.25, 0.3) is 0 Å². The molecule has 2 aliphatic carbocycles. The van der Waals surface area contributed by atoms with Gasteiger partial charge >= 0.3 is 11.9 Å². The van der Waals surface area contributed by atoms with Crippen molar-refractivity contribution in [2.45, 2.75) is 18.9 Å². The first-order valence-corrected chi connectivity index (χ1v) is 5.70. The van der Waals surface area contributed by atoms with E-state index < -0.39 is 0 Å². The number of hydrogen-bond donors (Lipinski definition) is 0. The molecule has 0 aromatic heterocycles. The lowest BCUT2D eigenvalue weighted by molar-refractivity contribution is -0.172. The molecule has 4 nitrogen and oxygen atoms in total. The van der Waals surface area contributed by atoms with Crippen molar-refractivity contribution >= 4 is 11.9 Å². The molecule has 86 valence electrons. The molecule has 3 fully saturated rings. The number of cyclic esters (lactones) is 1. The van der Waals surface area contributed by atoms with Crippen LogP contribution in [0.15, 0.2) is 12.7 Å². The van der Waals surface area contributed by atoms with Crippen molar-refractivity contribution in [3.63, 3.8) is 0 Å². The minimum atomic E-state index is -0.369. The van der Waals surface area contributed by atoms with Crippen LogP contribution in [0.3, 0.4) is 0 Å². The average molecular weight is 222 g/mol. The molecule has 3 rings (SSSR count). The second-order valence-corrected chi connectivity index (χ2v) is 4.90. The number of rotatable bonds is 2. The van der Waals surface area contributed by atoms with Crippen molar-refractivity contribution in [2.75, 3.05) is 6.61 Å². The molecule has 5 atom stereocenters. The predicted molar refractivity (Wildman–Crippen MR) is 54.2 cm³/mol. The van der Waals surface area contributed by atoms with Crippen LogP contribution in [-0.2, 0) is 19.1 Å². The molecule has 0 N–H and O–H groups in total. The van der Waals surface area contributed by atoms with Gasteiger partial charge in [-0.15, -0.1) is 0 Å². The Morgan fingerprint density at radius 3 is 3.00 bits per heavy atom. The molecule has 1 saturated heterocycles. The van der Waals surface area contributed by atoms with Gasteiger partial charge < -0.3 is 9.47 Å². The minimum absolute atomic E-state index is 0.0578. The Balaban J connectivity index is 1.78. The van der Waals surface area contributed by atoms with E-state index in [1.54, 1.807) is 0 Å². The third-order valence-corrected chi connectivity index (χ3v) is 4.22. The molecule has 3 aliphatic rings. The fourth-order valence-electron chi connectivity index (χ4n) is 3.59. The van der Waals surface area contributed by atoms with Crippen LogP contribution in [0.4, 0.5) is 0 Å². The third kappa shape index (κ3) is 1.22. The van der Waals surface area contributed by atoms with E-state index in [1.807, 2.05) is 0 Å². The normalized spacial score (nSPS) is 44.0. The van der Waals surface area contributed by atoms with E-state index in [2.05, 4.69) is 6.58 Å². The number of esters is 2. The van der Waals surface area contributed by atoms with Crippen LogP contribution in [-0.4, -0.2) is 24.6 Å². The lowest BCUT2D eigenvalue weighted by Crippen LogP contribution is -2.45. The topological polar surface area (TPSA) is 52.6 Å². The lowest BCUT2D eigenvalue weighted by atomic mass is 9.77. The summed E-state index contributed by atoms with van der Waals surface area (Å²) in [6.45, 7) is 3.81. The first-order valence-electron chi connectivity index (χ1n) is 5.70. The van der Waals surface area contributed by atoms with Gasteiger partial charge in [-0.2, -0.15) is 0 Å². The van der Waals surface area contributed by atoms with Gasteiger partial charge in [-0.25, -0.2) is 4.79 Å². The second-order valence-electron chi connectivity index (χ2n) is 4.90. The maximum Gasteiger partial charge on any atom is 0.330 e. The maximum atomic E-state index is 11.5. The van der Waals surface area contributed by atoms with Gasteiger partial charge in [-0.3, -0.25) is 4.79 Å². The summed E-state index contributed by atoms with van der Waals surface area (Å²) < 4.78 is 10.5. The van der Waals surface area contributed by atoms with E-state index in [0.717, 1.165) is 12.8 Å². The molecule has 2 saturated carbocycles. The highest BCUT2D eigenvalue weighted by molar-refractivity contribution is 5.81. The number of carbonyl (C=O) groups excluding carboxylic acids is 2. The van der Waals surface area contributed by atoms with Crippen molar-refractivity contribution in [2.24, 2.45) is 23.7 Å². The van der Waals surface area contributed by atoms with Crippen LogP contribution in [0.5, 0.6) is 0 Å². The number of carbonyl (C=O) groups is 2. The minimum Gasteiger partial charge on any atom is -0.465 e.